The van der Waals surface area contributed by atoms with Gasteiger partial charge < -0.3 is 14.8 Å². The summed E-state index contributed by atoms with van der Waals surface area (Å²) in [4.78, 5) is 16.5. The van der Waals surface area contributed by atoms with Gasteiger partial charge in [-0.3, -0.25) is 0 Å². The molecule has 1 amide bonds. The van der Waals surface area contributed by atoms with E-state index in [9.17, 15) is 18.0 Å². The standard InChI is InChI=1S/C19H21F3N2O3/c1-18(2,3)27-17(25)24-16(14-9-6-10-15(23-14)26-4)12-7-5-8-13(11-12)19(20,21)22/h5-11,16H,1-4H3,(H,24,25). The van der Waals surface area contributed by atoms with Gasteiger partial charge in [0.15, 0.2) is 0 Å². The molecule has 1 heterocycles. The van der Waals surface area contributed by atoms with Crippen LogP contribution in [0.25, 0.3) is 0 Å². The maximum absolute atomic E-state index is 13.1. The summed E-state index contributed by atoms with van der Waals surface area (Å²) in [7, 11) is 1.42. The zero-order valence-corrected chi connectivity index (χ0v) is 15.4. The summed E-state index contributed by atoms with van der Waals surface area (Å²) in [6.07, 6.45) is -5.27. The lowest BCUT2D eigenvalue weighted by molar-refractivity contribution is -0.137. The van der Waals surface area contributed by atoms with Gasteiger partial charge in [0.2, 0.25) is 5.88 Å². The Bertz CT molecular complexity index is 801. The van der Waals surface area contributed by atoms with Crippen LogP contribution < -0.4 is 10.1 Å². The molecule has 0 bridgehead atoms. The Balaban J connectivity index is 2.45. The van der Waals surface area contributed by atoms with Gasteiger partial charge in [0.05, 0.1) is 24.4 Å². The molecule has 0 aliphatic carbocycles. The number of nitrogens with zero attached hydrogens (tertiary/aromatic N) is 1. The Labute approximate surface area is 155 Å². The summed E-state index contributed by atoms with van der Waals surface area (Å²) in [5, 5.41) is 2.59. The average Bonchev–Trinajstić information content (AvgIpc) is 2.57. The number of alkyl halides is 3. The number of pyridine rings is 1. The van der Waals surface area contributed by atoms with Crippen molar-refractivity contribution in [3.63, 3.8) is 0 Å². The van der Waals surface area contributed by atoms with Gasteiger partial charge >= 0.3 is 12.3 Å². The monoisotopic (exact) mass is 382 g/mol. The molecule has 1 aromatic heterocycles. The SMILES string of the molecule is COc1cccc(C(NC(=O)OC(C)(C)C)c2cccc(C(F)(F)F)c2)n1. The van der Waals surface area contributed by atoms with Crippen molar-refractivity contribution in [2.45, 2.75) is 38.6 Å². The lowest BCUT2D eigenvalue weighted by Gasteiger charge is -2.24. The molecule has 27 heavy (non-hydrogen) atoms. The van der Waals surface area contributed by atoms with E-state index in [0.29, 0.717) is 5.69 Å². The van der Waals surface area contributed by atoms with Gasteiger partial charge in [0.1, 0.15) is 5.60 Å². The number of alkyl carbamates (subject to hydrolysis) is 1. The minimum Gasteiger partial charge on any atom is -0.481 e. The number of aromatic nitrogens is 1. The summed E-state index contributed by atoms with van der Waals surface area (Å²) in [5.41, 5.74) is -1.04. The molecular weight excluding hydrogens is 361 g/mol. The summed E-state index contributed by atoms with van der Waals surface area (Å²) in [6.45, 7) is 5.07. The minimum absolute atomic E-state index is 0.219. The molecule has 0 aliphatic rings. The molecule has 0 fully saturated rings. The summed E-state index contributed by atoms with van der Waals surface area (Å²) in [5.74, 6) is 0.274. The van der Waals surface area contributed by atoms with Gasteiger partial charge in [0, 0.05) is 6.07 Å². The van der Waals surface area contributed by atoms with E-state index < -0.39 is 29.5 Å². The van der Waals surface area contributed by atoms with Crippen LogP contribution in [-0.2, 0) is 10.9 Å². The van der Waals surface area contributed by atoms with E-state index in [1.54, 1.807) is 39.0 Å². The zero-order valence-electron chi connectivity index (χ0n) is 15.4. The number of hydrogen-bond acceptors (Lipinski definition) is 4. The van der Waals surface area contributed by atoms with Gasteiger partial charge in [-0.25, -0.2) is 9.78 Å². The largest absolute Gasteiger partial charge is 0.481 e. The number of rotatable bonds is 4. The van der Waals surface area contributed by atoms with Crippen molar-refractivity contribution in [2.75, 3.05) is 7.11 Å². The highest BCUT2D eigenvalue weighted by Crippen LogP contribution is 2.32. The van der Waals surface area contributed by atoms with Crippen LogP contribution >= 0.6 is 0 Å². The number of nitrogens with one attached hydrogen (secondary N) is 1. The number of carbonyl (C=O) groups excluding carboxylic acids is 1. The lowest BCUT2D eigenvalue weighted by atomic mass is 10.0. The van der Waals surface area contributed by atoms with Crippen LogP contribution in [0.5, 0.6) is 5.88 Å². The van der Waals surface area contributed by atoms with Crippen molar-refractivity contribution in [2.24, 2.45) is 0 Å². The molecule has 0 radical (unpaired) electrons. The predicted octanol–water partition coefficient (Wildman–Crippen LogP) is 4.72. The zero-order chi connectivity index (χ0) is 20.2. The minimum atomic E-state index is -4.51. The van der Waals surface area contributed by atoms with E-state index in [2.05, 4.69) is 10.3 Å². The van der Waals surface area contributed by atoms with Crippen LogP contribution in [0.1, 0.15) is 43.6 Å². The van der Waals surface area contributed by atoms with Crippen molar-refractivity contribution < 1.29 is 27.4 Å². The molecule has 5 nitrogen and oxygen atoms in total. The molecule has 1 atom stereocenters. The number of carbonyl (C=O) groups is 1. The van der Waals surface area contributed by atoms with Crippen molar-refractivity contribution in [3.05, 3.63) is 59.3 Å². The van der Waals surface area contributed by atoms with Crippen LogP contribution in [0.3, 0.4) is 0 Å². The molecule has 1 N–H and O–H groups in total. The highest BCUT2D eigenvalue weighted by Gasteiger charge is 2.32. The number of amides is 1. The first kappa shape index (κ1) is 20.5. The van der Waals surface area contributed by atoms with Gasteiger partial charge in [-0.15, -0.1) is 0 Å². The molecule has 0 aliphatic heterocycles. The third kappa shape index (κ3) is 5.87. The molecular formula is C19H21F3N2O3. The van der Waals surface area contributed by atoms with Crippen LogP contribution in [-0.4, -0.2) is 23.8 Å². The summed E-state index contributed by atoms with van der Waals surface area (Å²) in [6, 6.07) is 8.58. The second-order valence-corrected chi connectivity index (χ2v) is 6.81. The van der Waals surface area contributed by atoms with Gasteiger partial charge in [-0.2, -0.15) is 13.2 Å². The Kier molecular flexibility index (Phi) is 5.98. The van der Waals surface area contributed by atoms with E-state index in [0.717, 1.165) is 12.1 Å². The lowest BCUT2D eigenvalue weighted by Crippen LogP contribution is -2.35. The first-order valence-corrected chi connectivity index (χ1v) is 8.17. The normalized spacial score (nSPS) is 13.0. The van der Waals surface area contributed by atoms with Gasteiger partial charge in [-0.1, -0.05) is 18.2 Å². The van der Waals surface area contributed by atoms with Gasteiger partial charge in [0.25, 0.3) is 0 Å². The summed E-state index contributed by atoms with van der Waals surface area (Å²) < 4.78 is 49.6. The molecule has 1 unspecified atom stereocenters. The van der Waals surface area contributed by atoms with Crippen molar-refractivity contribution in [1.82, 2.24) is 10.3 Å². The number of methoxy groups -OCH3 is 1. The molecule has 2 aromatic rings. The van der Waals surface area contributed by atoms with E-state index in [1.165, 1.54) is 19.2 Å². The third-order valence-corrected chi connectivity index (χ3v) is 3.46. The number of benzene rings is 1. The average molecular weight is 382 g/mol. The van der Waals surface area contributed by atoms with Crippen LogP contribution in [0.15, 0.2) is 42.5 Å². The van der Waals surface area contributed by atoms with E-state index in [-0.39, 0.29) is 11.4 Å². The molecule has 2 rings (SSSR count). The number of hydrogen-bond donors (Lipinski definition) is 1. The Morgan fingerprint density at radius 1 is 1.11 bits per heavy atom. The maximum Gasteiger partial charge on any atom is 0.416 e. The van der Waals surface area contributed by atoms with Crippen LogP contribution in [0, 0.1) is 0 Å². The topological polar surface area (TPSA) is 60.5 Å². The first-order valence-electron chi connectivity index (χ1n) is 8.17. The molecule has 0 saturated carbocycles. The van der Waals surface area contributed by atoms with Crippen molar-refractivity contribution in [1.29, 1.82) is 0 Å². The second-order valence-electron chi connectivity index (χ2n) is 6.81. The molecule has 8 heteroatoms. The molecule has 0 spiro atoms. The quantitative estimate of drug-likeness (QED) is 0.831. The van der Waals surface area contributed by atoms with Crippen molar-refractivity contribution >= 4 is 6.09 Å². The molecule has 1 aromatic carbocycles. The van der Waals surface area contributed by atoms with E-state index >= 15 is 0 Å². The predicted molar refractivity (Wildman–Crippen MR) is 93.4 cm³/mol. The number of halogens is 3. The maximum atomic E-state index is 13.1. The van der Waals surface area contributed by atoms with Crippen LogP contribution in [0.4, 0.5) is 18.0 Å². The number of ether oxygens (including phenoxy) is 2. The van der Waals surface area contributed by atoms with E-state index in [4.69, 9.17) is 9.47 Å². The second kappa shape index (κ2) is 7.85. The molecule has 0 saturated heterocycles. The van der Waals surface area contributed by atoms with Gasteiger partial charge in [-0.05, 0) is 44.5 Å². The smallest absolute Gasteiger partial charge is 0.416 e. The Morgan fingerprint density at radius 2 is 1.78 bits per heavy atom. The fourth-order valence-corrected chi connectivity index (χ4v) is 2.35. The summed E-state index contributed by atoms with van der Waals surface area (Å²) >= 11 is 0. The highest BCUT2D eigenvalue weighted by atomic mass is 19.4. The van der Waals surface area contributed by atoms with Crippen molar-refractivity contribution in [3.8, 4) is 5.88 Å². The fraction of sp³-hybridized carbons (Fsp3) is 0.368. The fourth-order valence-electron chi connectivity index (χ4n) is 2.35. The van der Waals surface area contributed by atoms with E-state index in [1.807, 2.05) is 0 Å². The Hall–Kier alpha value is -2.77. The molecule has 146 valence electrons. The highest BCUT2D eigenvalue weighted by molar-refractivity contribution is 5.69. The van der Waals surface area contributed by atoms with Crippen LogP contribution in [0.2, 0.25) is 0 Å². The Morgan fingerprint density at radius 3 is 2.37 bits per heavy atom. The first-order chi connectivity index (χ1) is 12.5. The third-order valence-electron chi connectivity index (χ3n) is 3.46.